The molecule has 0 fully saturated rings. The van der Waals surface area contributed by atoms with Crippen LogP contribution in [-0.4, -0.2) is 21.8 Å². The molecular formula is C24H20FNO3. The first kappa shape index (κ1) is 17.6. The van der Waals surface area contributed by atoms with E-state index in [1.54, 1.807) is 12.1 Å². The van der Waals surface area contributed by atoms with Crippen molar-refractivity contribution in [3.8, 4) is 17.2 Å². The normalized spacial score (nSPS) is 18.4. The van der Waals surface area contributed by atoms with Crippen LogP contribution in [-0.2, 0) is 0 Å². The first-order valence-corrected chi connectivity index (χ1v) is 9.54. The number of phenols is 2. The molecule has 3 N–H and O–H groups in total. The van der Waals surface area contributed by atoms with E-state index in [4.69, 9.17) is 4.74 Å². The summed E-state index contributed by atoms with van der Waals surface area (Å²) in [6.07, 6.45) is 1.99. The van der Waals surface area contributed by atoms with Gasteiger partial charge in [-0.25, -0.2) is 4.39 Å². The molecule has 2 heterocycles. The molecule has 0 saturated carbocycles. The second-order valence-corrected chi connectivity index (χ2v) is 7.52. The minimum atomic E-state index is -0.649. The number of hydrogen-bond acceptors (Lipinski definition) is 3. The van der Waals surface area contributed by atoms with E-state index in [-0.39, 0.29) is 23.3 Å². The molecule has 146 valence electrons. The summed E-state index contributed by atoms with van der Waals surface area (Å²) >= 11 is 0. The molecule has 2 atom stereocenters. The Kier molecular flexibility index (Phi) is 3.98. The van der Waals surface area contributed by atoms with Gasteiger partial charge in [0.15, 0.2) is 11.6 Å². The zero-order valence-electron chi connectivity index (χ0n) is 15.8. The quantitative estimate of drug-likeness (QED) is 0.434. The molecule has 4 aromatic rings. The fraction of sp³-hybridized carbons (Fsp3) is 0.167. The first-order chi connectivity index (χ1) is 14.0. The lowest BCUT2D eigenvalue weighted by atomic mass is 9.75. The summed E-state index contributed by atoms with van der Waals surface area (Å²) in [5.41, 5.74) is 4.45. The summed E-state index contributed by atoms with van der Waals surface area (Å²) in [6.45, 7) is 2.21. The predicted octanol–water partition coefficient (Wildman–Crippen LogP) is 5.33. The number of benzene rings is 3. The minimum Gasteiger partial charge on any atom is -0.508 e. The summed E-state index contributed by atoms with van der Waals surface area (Å²) in [6, 6.07) is 16.1. The molecule has 5 heteroatoms. The molecule has 2 unspecified atom stereocenters. The number of H-pyrrole nitrogens is 1. The molecule has 1 aromatic heterocycles. The standard InChI is InChI=1S/C24H20FNO3/c1-13-21(27)9-7-16-23(14-6-8-22(28)19(25)10-14)18(12-29-24(13)16)17-11-26-20-5-3-2-4-15(17)20/h2-11,18,23,26-28H,12H2,1H3. The maximum absolute atomic E-state index is 14.2. The van der Waals surface area contributed by atoms with Gasteiger partial charge in [0, 0.05) is 40.1 Å². The highest BCUT2D eigenvalue weighted by Gasteiger charge is 2.36. The Hall–Kier alpha value is -3.47. The molecule has 0 amide bonds. The van der Waals surface area contributed by atoms with Crippen LogP contribution < -0.4 is 4.74 Å². The SMILES string of the molecule is Cc1c(O)ccc2c1OCC(c1c[nH]c3ccccc13)C2c1ccc(O)c(F)c1. The van der Waals surface area contributed by atoms with Crippen molar-refractivity contribution < 1.29 is 19.3 Å². The largest absolute Gasteiger partial charge is 0.508 e. The molecule has 0 saturated heterocycles. The van der Waals surface area contributed by atoms with Crippen LogP contribution in [0.15, 0.2) is 60.8 Å². The van der Waals surface area contributed by atoms with E-state index >= 15 is 0 Å². The van der Waals surface area contributed by atoms with Gasteiger partial charge in [-0.15, -0.1) is 0 Å². The van der Waals surface area contributed by atoms with E-state index in [0.717, 1.165) is 27.6 Å². The van der Waals surface area contributed by atoms with Gasteiger partial charge in [0.25, 0.3) is 0 Å². The van der Waals surface area contributed by atoms with Crippen molar-refractivity contribution in [3.63, 3.8) is 0 Å². The van der Waals surface area contributed by atoms with Gasteiger partial charge in [0.1, 0.15) is 11.5 Å². The summed E-state index contributed by atoms with van der Waals surface area (Å²) < 4.78 is 20.4. The van der Waals surface area contributed by atoms with E-state index in [1.807, 2.05) is 37.4 Å². The van der Waals surface area contributed by atoms with Gasteiger partial charge >= 0.3 is 0 Å². The Labute approximate surface area is 167 Å². The average molecular weight is 389 g/mol. The lowest BCUT2D eigenvalue weighted by molar-refractivity contribution is 0.246. The minimum absolute atomic E-state index is 0.0634. The van der Waals surface area contributed by atoms with Crippen molar-refractivity contribution in [2.75, 3.05) is 6.61 Å². The Morgan fingerprint density at radius 1 is 1.00 bits per heavy atom. The fourth-order valence-electron chi connectivity index (χ4n) is 4.42. The van der Waals surface area contributed by atoms with Crippen LogP contribution in [0.1, 0.15) is 34.1 Å². The molecule has 1 aliphatic heterocycles. The molecule has 4 nitrogen and oxygen atoms in total. The highest BCUT2D eigenvalue weighted by atomic mass is 19.1. The first-order valence-electron chi connectivity index (χ1n) is 9.54. The lowest BCUT2D eigenvalue weighted by Crippen LogP contribution is -2.25. The number of rotatable bonds is 2. The molecule has 0 spiro atoms. The molecule has 3 aromatic carbocycles. The third kappa shape index (κ3) is 2.73. The average Bonchev–Trinajstić information content (AvgIpc) is 3.16. The van der Waals surface area contributed by atoms with Gasteiger partial charge < -0.3 is 19.9 Å². The highest BCUT2D eigenvalue weighted by Crippen LogP contribution is 2.50. The van der Waals surface area contributed by atoms with E-state index in [2.05, 4.69) is 11.1 Å². The van der Waals surface area contributed by atoms with Crippen LogP contribution in [0, 0.1) is 12.7 Å². The number of halogens is 1. The van der Waals surface area contributed by atoms with Crippen LogP contribution in [0.5, 0.6) is 17.2 Å². The number of aromatic amines is 1. The summed E-state index contributed by atoms with van der Waals surface area (Å²) in [5, 5.41) is 20.9. The van der Waals surface area contributed by atoms with E-state index in [9.17, 15) is 14.6 Å². The third-order valence-corrected chi connectivity index (χ3v) is 5.90. The number of aromatic hydroxyl groups is 2. The van der Waals surface area contributed by atoms with Crippen molar-refractivity contribution in [3.05, 3.63) is 88.9 Å². The number of para-hydroxylation sites is 1. The highest BCUT2D eigenvalue weighted by molar-refractivity contribution is 5.84. The van der Waals surface area contributed by atoms with Crippen molar-refractivity contribution in [2.45, 2.75) is 18.8 Å². The number of fused-ring (bicyclic) bond motifs is 2. The van der Waals surface area contributed by atoms with Crippen LogP contribution in [0.25, 0.3) is 10.9 Å². The number of hydrogen-bond donors (Lipinski definition) is 3. The van der Waals surface area contributed by atoms with Gasteiger partial charge in [-0.1, -0.05) is 30.3 Å². The van der Waals surface area contributed by atoms with E-state index < -0.39 is 5.82 Å². The van der Waals surface area contributed by atoms with Crippen LogP contribution >= 0.6 is 0 Å². The zero-order chi connectivity index (χ0) is 20.1. The van der Waals surface area contributed by atoms with Crippen molar-refractivity contribution in [2.24, 2.45) is 0 Å². The zero-order valence-corrected chi connectivity index (χ0v) is 15.8. The van der Waals surface area contributed by atoms with Crippen molar-refractivity contribution >= 4 is 10.9 Å². The molecule has 0 radical (unpaired) electrons. The van der Waals surface area contributed by atoms with Gasteiger partial charge in [0.05, 0.1) is 6.61 Å². The van der Waals surface area contributed by atoms with Gasteiger partial charge in [-0.2, -0.15) is 0 Å². The summed E-state index contributed by atoms with van der Waals surface area (Å²) in [4.78, 5) is 3.31. The van der Waals surface area contributed by atoms with Crippen molar-refractivity contribution in [1.82, 2.24) is 4.98 Å². The molecule has 1 aliphatic rings. The monoisotopic (exact) mass is 389 g/mol. The van der Waals surface area contributed by atoms with E-state index in [0.29, 0.717) is 17.9 Å². The number of phenolic OH excluding ortho intramolecular Hbond substituents is 2. The third-order valence-electron chi connectivity index (χ3n) is 5.90. The summed E-state index contributed by atoms with van der Waals surface area (Å²) in [7, 11) is 0. The van der Waals surface area contributed by atoms with Gasteiger partial charge in [-0.05, 0) is 42.3 Å². The maximum atomic E-state index is 14.2. The maximum Gasteiger partial charge on any atom is 0.165 e. The molecule has 5 rings (SSSR count). The molecule has 29 heavy (non-hydrogen) atoms. The van der Waals surface area contributed by atoms with Crippen LogP contribution in [0.4, 0.5) is 4.39 Å². The Morgan fingerprint density at radius 2 is 1.79 bits per heavy atom. The second kappa shape index (κ2) is 6.55. The topological polar surface area (TPSA) is 65.5 Å². The Balaban J connectivity index is 1.73. The van der Waals surface area contributed by atoms with Gasteiger partial charge in [0.2, 0.25) is 0 Å². The number of ether oxygens (including phenoxy) is 1. The molecular weight excluding hydrogens is 369 g/mol. The van der Waals surface area contributed by atoms with Crippen LogP contribution in [0.3, 0.4) is 0 Å². The van der Waals surface area contributed by atoms with Crippen LogP contribution in [0.2, 0.25) is 0 Å². The fourth-order valence-corrected chi connectivity index (χ4v) is 4.42. The number of nitrogens with one attached hydrogen (secondary N) is 1. The van der Waals surface area contributed by atoms with Gasteiger partial charge in [-0.3, -0.25) is 0 Å². The summed E-state index contributed by atoms with van der Waals surface area (Å²) in [5.74, 6) is -0.460. The Morgan fingerprint density at radius 3 is 2.62 bits per heavy atom. The smallest absolute Gasteiger partial charge is 0.165 e. The number of aromatic nitrogens is 1. The predicted molar refractivity (Wildman–Crippen MR) is 109 cm³/mol. The second-order valence-electron chi connectivity index (χ2n) is 7.52. The molecule has 0 aliphatic carbocycles. The van der Waals surface area contributed by atoms with Crippen molar-refractivity contribution in [1.29, 1.82) is 0 Å². The van der Waals surface area contributed by atoms with E-state index in [1.165, 1.54) is 12.1 Å². The lowest BCUT2D eigenvalue weighted by Gasteiger charge is -2.35. The Bertz CT molecular complexity index is 1230. The molecule has 0 bridgehead atoms.